The van der Waals surface area contributed by atoms with Gasteiger partial charge in [-0.2, -0.15) is 10.1 Å². The van der Waals surface area contributed by atoms with Crippen LogP contribution in [-0.2, 0) is 25.3 Å². The Morgan fingerprint density at radius 2 is 1.96 bits per heavy atom. The van der Waals surface area contributed by atoms with Crippen LogP contribution >= 0.6 is 0 Å². The zero-order valence-corrected chi connectivity index (χ0v) is 15.5. The van der Waals surface area contributed by atoms with Crippen LogP contribution < -0.4 is 0 Å². The Kier molecular flexibility index (Phi) is 4.53. The zero-order chi connectivity index (χ0) is 19.0. The van der Waals surface area contributed by atoms with Gasteiger partial charge in [-0.25, -0.2) is 8.78 Å². The molecule has 7 heteroatoms. The van der Waals surface area contributed by atoms with Gasteiger partial charge in [0.1, 0.15) is 11.6 Å². The van der Waals surface area contributed by atoms with E-state index in [0.717, 1.165) is 49.4 Å². The lowest BCUT2D eigenvalue weighted by Crippen LogP contribution is -2.27. The van der Waals surface area contributed by atoms with Gasteiger partial charge in [0, 0.05) is 30.8 Å². The number of halogens is 2. The molecule has 1 aliphatic rings. The molecule has 1 fully saturated rings. The maximum absolute atomic E-state index is 14.5. The molecule has 0 amide bonds. The van der Waals surface area contributed by atoms with E-state index in [4.69, 9.17) is 4.52 Å². The molecule has 0 aliphatic heterocycles. The van der Waals surface area contributed by atoms with Crippen molar-refractivity contribution in [3.63, 3.8) is 0 Å². The Bertz CT molecular complexity index is 957. The Morgan fingerprint density at radius 1 is 1.19 bits per heavy atom. The third kappa shape index (κ3) is 3.15. The van der Waals surface area contributed by atoms with Crippen LogP contribution in [0.25, 0.3) is 0 Å². The summed E-state index contributed by atoms with van der Waals surface area (Å²) in [6.07, 6.45) is 6.57. The van der Waals surface area contributed by atoms with Crippen molar-refractivity contribution in [1.82, 2.24) is 19.9 Å². The highest BCUT2D eigenvalue weighted by Crippen LogP contribution is 2.46. The summed E-state index contributed by atoms with van der Waals surface area (Å²) >= 11 is 0. The molecule has 0 N–H and O–H groups in total. The number of hydrogen-bond donors (Lipinski definition) is 0. The molecule has 27 heavy (non-hydrogen) atoms. The first kappa shape index (κ1) is 17.8. The quantitative estimate of drug-likeness (QED) is 0.678. The maximum Gasteiger partial charge on any atom is 0.227 e. The van der Waals surface area contributed by atoms with E-state index in [2.05, 4.69) is 15.2 Å². The van der Waals surface area contributed by atoms with Crippen molar-refractivity contribution in [2.75, 3.05) is 0 Å². The van der Waals surface area contributed by atoms with E-state index < -0.39 is 17.0 Å². The van der Waals surface area contributed by atoms with E-state index in [1.807, 2.05) is 24.9 Å². The summed E-state index contributed by atoms with van der Waals surface area (Å²) in [4.78, 5) is 4.59. The molecule has 2 aromatic heterocycles. The molecule has 1 aliphatic carbocycles. The number of aryl methyl sites for hydroxylation is 3. The van der Waals surface area contributed by atoms with Crippen molar-refractivity contribution < 1.29 is 13.3 Å². The van der Waals surface area contributed by atoms with Crippen LogP contribution in [0.4, 0.5) is 8.78 Å². The van der Waals surface area contributed by atoms with Crippen molar-refractivity contribution in [2.24, 2.45) is 7.05 Å². The van der Waals surface area contributed by atoms with Gasteiger partial charge in [-0.05, 0) is 37.8 Å². The van der Waals surface area contributed by atoms with Crippen molar-refractivity contribution in [3.8, 4) is 0 Å². The van der Waals surface area contributed by atoms with E-state index in [-0.39, 0.29) is 0 Å². The van der Waals surface area contributed by atoms with Gasteiger partial charge in [-0.1, -0.05) is 24.1 Å². The molecule has 0 radical (unpaired) electrons. The Morgan fingerprint density at radius 3 is 2.63 bits per heavy atom. The van der Waals surface area contributed by atoms with Crippen LogP contribution in [0, 0.1) is 18.6 Å². The summed E-state index contributed by atoms with van der Waals surface area (Å²) < 4.78 is 35.2. The molecule has 2 heterocycles. The lowest BCUT2D eigenvalue weighted by molar-refractivity contribution is 0.357. The number of rotatable bonds is 5. The van der Waals surface area contributed by atoms with E-state index in [0.29, 0.717) is 23.7 Å². The molecule has 5 nitrogen and oxygen atoms in total. The first-order valence-corrected chi connectivity index (χ1v) is 9.26. The van der Waals surface area contributed by atoms with Crippen LogP contribution in [-0.4, -0.2) is 19.9 Å². The predicted molar refractivity (Wildman–Crippen MR) is 95.3 cm³/mol. The molecule has 0 atom stereocenters. The van der Waals surface area contributed by atoms with Crippen molar-refractivity contribution in [3.05, 3.63) is 64.6 Å². The molecular weight excluding hydrogens is 350 g/mol. The molecule has 0 bridgehead atoms. The minimum absolute atomic E-state index is 0.455. The Balaban J connectivity index is 1.60. The fourth-order valence-corrected chi connectivity index (χ4v) is 4.05. The second-order valence-corrected chi connectivity index (χ2v) is 7.30. The van der Waals surface area contributed by atoms with Crippen LogP contribution in [0.5, 0.6) is 0 Å². The molecule has 0 saturated heterocycles. The van der Waals surface area contributed by atoms with Crippen molar-refractivity contribution in [1.29, 1.82) is 0 Å². The second-order valence-electron chi connectivity index (χ2n) is 7.30. The van der Waals surface area contributed by atoms with Gasteiger partial charge in [-0.15, -0.1) is 0 Å². The molecular formula is C20H22F2N4O. The number of aromatic nitrogens is 4. The van der Waals surface area contributed by atoms with Crippen LogP contribution in [0.3, 0.4) is 0 Å². The van der Waals surface area contributed by atoms with Gasteiger partial charge in [-0.3, -0.25) is 4.68 Å². The molecule has 142 valence electrons. The fourth-order valence-electron chi connectivity index (χ4n) is 4.05. The summed E-state index contributed by atoms with van der Waals surface area (Å²) in [6.45, 7) is 2.02. The highest BCUT2D eigenvalue weighted by atomic mass is 19.1. The van der Waals surface area contributed by atoms with Gasteiger partial charge in [0.2, 0.25) is 5.89 Å². The molecule has 4 rings (SSSR count). The number of nitrogens with zero attached hydrogens (tertiary/aromatic N) is 4. The van der Waals surface area contributed by atoms with E-state index >= 15 is 0 Å². The lowest BCUT2D eigenvalue weighted by Gasteiger charge is -2.26. The molecule has 1 saturated carbocycles. The average molecular weight is 372 g/mol. The maximum atomic E-state index is 14.5. The summed E-state index contributed by atoms with van der Waals surface area (Å²) in [5, 5.41) is 8.42. The highest BCUT2D eigenvalue weighted by Gasteiger charge is 2.43. The van der Waals surface area contributed by atoms with Gasteiger partial charge in [0.15, 0.2) is 5.82 Å². The van der Waals surface area contributed by atoms with Crippen LogP contribution in [0.15, 0.2) is 28.9 Å². The molecule has 3 aromatic rings. The Hall–Kier alpha value is -2.57. The smallest absolute Gasteiger partial charge is 0.227 e. The largest absolute Gasteiger partial charge is 0.339 e. The second kappa shape index (κ2) is 6.87. The molecule has 0 spiro atoms. The SMILES string of the molecule is Cc1c(CCc2nc(C3(c4ccc(F)cc4F)CCCC3)no2)cnn1C. The highest BCUT2D eigenvalue weighted by molar-refractivity contribution is 5.35. The number of benzene rings is 1. The predicted octanol–water partition coefficient (Wildman–Crippen LogP) is 4.04. The minimum atomic E-state index is -0.635. The number of hydrogen-bond acceptors (Lipinski definition) is 4. The normalized spacial score (nSPS) is 16.1. The summed E-state index contributed by atoms with van der Waals surface area (Å²) in [7, 11) is 1.91. The summed E-state index contributed by atoms with van der Waals surface area (Å²) in [5.74, 6) is -0.0928. The van der Waals surface area contributed by atoms with Gasteiger partial charge < -0.3 is 4.52 Å². The topological polar surface area (TPSA) is 56.7 Å². The molecule has 1 aromatic carbocycles. The third-order valence-electron chi connectivity index (χ3n) is 5.75. The van der Waals surface area contributed by atoms with E-state index in [1.54, 1.807) is 0 Å². The van der Waals surface area contributed by atoms with Gasteiger partial charge >= 0.3 is 0 Å². The Labute approximate surface area is 156 Å². The third-order valence-corrected chi connectivity index (χ3v) is 5.75. The van der Waals surface area contributed by atoms with Crippen molar-refractivity contribution in [2.45, 2.75) is 50.9 Å². The van der Waals surface area contributed by atoms with Gasteiger partial charge in [0.05, 0.1) is 11.6 Å². The van der Waals surface area contributed by atoms with Crippen LogP contribution in [0.1, 0.15) is 54.2 Å². The van der Waals surface area contributed by atoms with Crippen LogP contribution in [0.2, 0.25) is 0 Å². The minimum Gasteiger partial charge on any atom is -0.339 e. The monoisotopic (exact) mass is 372 g/mol. The summed E-state index contributed by atoms with van der Waals surface area (Å²) in [6, 6.07) is 3.75. The average Bonchev–Trinajstić information content (AvgIpc) is 3.36. The standard InChI is InChI=1S/C20H22F2N4O/c1-13-14(12-23-26(13)2)5-8-18-24-19(25-27-18)20(9-3-4-10-20)16-7-6-15(21)11-17(16)22/h6-7,11-12H,3-5,8-10H2,1-2H3. The van der Waals surface area contributed by atoms with E-state index in [9.17, 15) is 8.78 Å². The summed E-state index contributed by atoms with van der Waals surface area (Å²) in [5.41, 5.74) is 2.06. The van der Waals surface area contributed by atoms with Gasteiger partial charge in [0.25, 0.3) is 0 Å². The van der Waals surface area contributed by atoms with E-state index in [1.165, 1.54) is 12.1 Å². The fraction of sp³-hybridized carbons (Fsp3) is 0.450. The zero-order valence-electron chi connectivity index (χ0n) is 15.5. The lowest BCUT2D eigenvalue weighted by atomic mass is 9.78. The first-order valence-electron chi connectivity index (χ1n) is 9.26. The molecule has 0 unspecified atom stereocenters. The first-order chi connectivity index (χ1) is 13.0. The van der Waals surface area contributed by atoms with Crippen molar-refractivity contribution >= 4 is 0 Å².